The summed E-state index contributed by atoms with van der Waals surface area (Å²) in [4.78, 5) is 2.56. The van der Waals surface area contributed by atoms with E-state index < -0.39 is 0 Å². The Balaban J connectivity index is 1.59. The van der Waals surface area contributed by atoms with Crippen LogP contribution in [0.4, 0.5) is 5.69 Å². The molecular formula is C24H31NO2. The minimum atomic E-state index is 0.351. The molecule has 1 saturated carbocycles. The van der Waals surface area contributed by atoms with Crippen molar-refractivity contribution in [1.29, 1.82) is 0 Å². The number of benzene rings is 2. The number of ether oxygens (including phenoxy) is 2. The summed E-state index contributed by atoms with van der Waals surface area (Å²) in [5.74, 6) is 1.93. The Morgan fingerprint density at radius 2 is 1.74 bits per heavy atom. The lowest BCUT2D eigenvalue weighted by molar-refractivity contribution is 0.309. The average molecular weight is 366 g/mol. The van der Waals surface area contributed by atoms with Crippen LogP contribution in [0.25, 0.3) is 0 Å². The highest BCUT2D eigenvalue weighted by atomic mass is 16.5. The molecule has 2 aromatic rings. The van der Waals surface area contributed by atoms with E-state index in [-0.39, 0.29) is 0 Å². The van der Waals surface area contributed by atoms with Crippen molar-refractivity contribution in [2.24, 2.45) is 0 Å². The van der Waals surface area contributed by atoms with Crippen molar-refractivity contribution >= 4 is 5.69 Å². The van der Waals surface area contributed by atoms with Crippen LogP contribution in [0.1, 0.15) is 56.6 Å². The SMILES string of the molecule is CCCCOc1ccc2c(c1)N(Cc1ccc(OC)cc1)CC21CCCC1. The van der Waals surface area contributed by atoms with Gasteiger partial charge in [0.15, 0.2) is 0 Å². The normalized spacial score (nSPS) is 17.3. The Bertz CT molecular complexity index is 762. The van der Waals surface area contributed by atoms with Gasteiger partial charge in [-0.15, -0.1) is 0 Å². The minimum absolute atomic E-state index is 0.351. The predicted molar refractivity (Wildman–Crippen MR) is 111 cm³/mol. The van der Waals surface area contributed by atoms with Crippen molar-refractivity contribution in [3.05, 3.63) is 53.6 Å². The van der Waals surface area contributed by atoms with Crippen molar-refractivity contribution in [1.82, 2.24) is 0 Å². The third-order valence-corrected chi connectivity index (χ3v) is 6.23. The van der Waals surface area contributed by atoms with Crippen molar-refractivity contribution in [2.45, 2.75) is 57.4 Å². The summed E-state index contributed by atoms with van der Waals surface area (Å²) >= 11 is 0. The van der Waals surface area contributed by atoms with Crippen molar-refractivity contribution in [2.75, 3.05) is 25.2 Å². The van der Waals surface area contributed by atoms with Crippen molar-refractivity contribution < 1.29 is 9.47 Å². The molecule has 0 aromatic heterocycles. The second kappa shape index (κ2) is 7.84. The summed E-state index contributed by atoms with van der Waals surface area (Å²) in [6, 6.07) is 15.3. The van der Waals surface area contributed by atoms with Gasteiger partial charge in [-0.1, -0.05) is 44.4 Å². The molecule has 2 aromatic carbocycles. The molecule has 3 nitrogen and oxygen atoms in total. The molecule has 4 rings (SSSR count). The molecule has 0 amide bonds. The zero-order valence-electron chi connectivity index (χ0n) is 16.7. The Kier molecular flexibility index (Phi) is 5.29. The van der Waals surface area contributed by atoms with Crippen molar-refractivity contribution in [3.8, 4) is 11.5 Å². The molecule has 2 aliphatic rings. The number of hydrogen-bond acceptors (Lipinski definition) is 3. The van der Waals surface area contributed by atoms with Gasteiger partial charge in [-0.2, -0.15) is 0 Å². The fourth-order valence-electron chi connectivity index (χ4n) is 4.75. The smallest absolute Gasteiger partial charge is 0.121 e. The van der Waals surface area contributed by atoms with Crippen LogP contribution in [-0.2, 0) is 12.0 Å². The monoisotopic (exact) mass is 365 g/mol. The topological polar surface area (TPSA) is 21.7 Å². The maximum Gasteiger partial charge on any atom is 0.121 e. The molecule has 0 bridgehead atoms. The van der Waals surface area contributed by atoms with Crippen LogP contribution in [0.15, 0.2) is 42.5 Å². The number of rotatable bonds is 7. The lowest BCUT2D eigenvalue weighted by Crippen LogP contribution is -2.30. The molecule has 3 heteroatoms. The quantitative estimate of drug-likeness (QED) is 0.587. The molecule has 1 aliphatic carbocycles. The Morgan fingerprint density at radius 1 is 1.00 bits per heavy atom. The number of anilines is 1. The number of hydrogen-bond donors (Lipinski definition) is 0. The van der Waals surface area contributed by atoms with E-state index in [4.69, 9.17) is 9.47 Å². The molecule has 0 radical (unpaired) electrons. The largest absolute Gasteiger partial charge is 0.497 e. The highest BCUT2D eigenvalue weighted by Gasteiger charge is 2.44. The fraction of sp³-hybridized carbons (Fsp3) is 0.500. The zero-order valence-corrected chi connectivity index (χ0v) is 16.7. The van der Waals surface area contributed by atoms with Crippen LogP contribution in [0.2, 0.25) is 0 Å². The van der Waals surface area contributed by atoms with E-state index >= 15 is 0 Å². The second-order valence-corrected chi connectivity index (χ2v) is 8.07. The van der Waals surface area contributed by atoms with E-state index in [2.05, 4.69) is 54.3 Å². The van der Waals surface area contributed by atoms with Crippen LogP contribution in [0.3, 0.4) is 0 Å². The summed E-state index contributed by atoms with van der Waals surface area (Å²) in [6.07, 6.45) is 7.60. The van der Waals surface area contributed by atoms with Gasteiger partial charge in [0.1, 0.15) is 11.5 Å². The zero-order chi connectivity index (χ0) is 18.7. The average Bonchev–Trinajstić information content (AvgIpc) is 3.28. The molecule has 0 atom stereocenters. The molecule has 1 heterocycles. The van der Waals surface area contributed by atoms with Gasteiger partial charge in [0.25, 0.3) is 0 Å². The molecule has 1 aliphatic heterocycles. The summed E-state index contributed by atoms with van der Waals surface area (Å²) < 4.78 is 11.3. The van der Waals surface area contributed by atoms with E-state index in [0.717, 1.165) is 44.0 Å². The van der Waals surface area contributed by atoms with Gasteiger partial charge in [0.05, 0.1) is 13.7 Å². The summed E-state index contributed by atoms with van der Waals surface area (Å²) in [7, 11) is 1.72. The van der Waals surface area contributed by atoms with Crippen LogP contribution in [0.5, 0.6) is 11.5 Å². The Morgan fingerprint density at radius 3 is 2.44 bits per heavy atom. The molecular weight excluding hydrogens is 334 g/mol. The van der Waals surface area contributed by atoms with Crippen LogP contribution >= 0.6 is 0 Å². The predicted octanol–water partition coefficient (Wildman–Crippen LogP) is 5.71. The third-order valence-electron chi connectivity index (χ3n) is 6.23. The van der Waals surface area contributed by atoms with E-state index in [0.29, 0.717) is 5.41 Å². The number of methoxy groups -OCH3 is 1. The first-order valence-corrected chi connectivity index (χ1v) is 10.4. The van der Waals surface area contributed by atoms with Crippen LogP contribution < -0.4 is 14.4 Å². The third kappa shape index (κ3) is 3.65. The lowest BCUT2D eigenvalue weighted by atomic mass is 9.81. The molecule has 27 heavy (non-hydrogen) atoms. The van der Waals surface area contributed by atoms with Gasteiger partial charge in [-0.25, -0.2) is 0 Å². The van der Waals surface area contributed by atoms with Gasteiger partial charge >= 0.3 is 0 Å². The highest BCUT2D eigenvalue weighted by Crippen LogP contribution is 2.51. The van der Waals surface area contributed by atoms with Gasteiger partial charge in [0, 0.05) is 30.3 Å². The van der Waals surface area contributed by atoms with Gasteiger partial charge in [-0.05, 0) is 48.6 Å². The molecule has 1 fully saturated rings. The number of unbranched alkanes of at least 4 members (excludes halogenated alkanes) is 1. The molecule has 0 unspecified atom stereocenters. The minimum Gasteiger partial charge on any atom is -0.497 e. The summed E-state index contributed by atoms with van der Waals surface area (Å²) in [6.45, 7) is 5.08. The maximum absolute atomic E-state index is 6.01. The first kappa shape index (κ1) is 18.2. The fourth-order valence-corrected chi connectivity index (χ4v) is 4.75. The first-order valence-electron chi connectivity index (χ1n) is 10.4. The standard InChI is InChI=1S/C24H31NO2/c1-3-4-15-27-21-11-12-22-23(16-21)25(18-24(22)13-5-6-14-24)17-19-7-9-20(26-2)10-8-19/h7-12,16H,3-6,13-15,17-18H2,1-2H3. The molecule has 0 saturated heterocycles. The Labute approximate surface area is 163 Å². The summed E-state index contributed by atoms with van der Waals surface area (Å²) in [5.41, 5.74) is 4.59. The number of fused-ring (bicyclic) bond motifs is 2. The van der Waals surface area contributed by atoms with Crippen LogP contribution in [0, 0.1) is 0 Å². The molecule has 0 N–H and O–H groups in total. The van der Waals surface area contributed by atoms with Crippen molar-refractivity contribution in [3.63, 3.8) is 0 Å². The maximum atomic E-state index is 6.01. The number of nitrogens with zero attached hydrogens (tertiary/aromatic N) is 1. The molecule has 144 valence electrons. The lowest BCUT2D eigenvalue weighted by Gasteiger charge is -2.25. The Hall–Kier alpha value is -2.16. The molecule has 1 spiro atoms. The van der Waals surface area contributed by atoms with E-state index in [1.165, 1.54) is 42.5 Å². The van der Waals surface area contributed by atoms with Gasteiger partial charge in [-0.3, -0.25) is 0 Å². The van der Waals surface area contributed by atoms with E-state index in [1.54, 1.807) is 7.11 Å². The first-order chi connectivity index (χ1) is 13.2. The van der Waals surface area contributed by atoms with Crippen LogP contribution in [-0.4, -0.2) is 20.3 Å². The van der Waals surface area contributed by atoms with E-state index in [1.807, 2.05) is 0 Å². The highest BCUT2D eigenvalue weighted by molar-refractivity contribution is 5.65. The van der Waals surface area contributed by atoms with E-state index in [9.17, 15) is 0 Å². The van der Waals surface area contributed by atoms with Gasteiger partial charge < -0.3 is 14.4 Å². The second-order valence-electron chi connectivity index (χ2n) is 8.07. The summed E-state index contributed by atoms with van der Waals surface area (Å²) in [5, 5.41) is 0. The van der Waals surface area contributed by atoms with Gasteiger partial charge in [0.2, 0.25) is 0 Å².